The Kier molecular flexibility index (Phi) is 5.82. The first kappa shape index (κ1) is 18.0. The highest BCUT2D eigenvalue weighted by atomic mass is 32.1. The first-order valence-electron chi connectivity index (χ1n) is 7.26. The lowest BCUT2D eigenvalue weighted by Crippen LogP contribution is -2.51. The second-order valence-corrected chi connectivity index (χ2v) is 8.51. The van der Waals surface area contributed by atoms with Crippen molar-refractivity contribution in [3.63, 3.8) is 0 Å². The van der Waals surface area contributed by atoms with Crippen LogP contribution in [0.1, 0.15) is 49.9 Å². The molecule has 0 aliphatic carbocycles. The van der Waals surface area contributed by atoms with Crippen LogP contribution in [0.2, 0.25) is 0 Å². The molecule has 0 aromatic carbocycles. The zero-order valence-electron chi connectivity index (χ0n) is 14.2. The van der Waals surface area contributed by atoms with Crippen molar-refractivity contribution in [3.05, 3.63) is 21.4 Å². The van der Waals surface area contributed by atoms with Crippen molar-refractivity contribution >= 4 is 17.4 Å². The molecule has 4 nitrogen and oxygen atoms in total. The molecule has 0 aliphatic heterocycles. The van der Waals surface area contributed by atoms with Gasteiger partial charge >= 0.3 is 6.09 Å². The summed E-state index contributed by atoms with van der Waals surface area (Å²) in [5, 5.41) is 6.30. The fourth-order valence-corrected chi connectivity index (χ4v) is 2.94. The first-order valence-corrected chi connectivity index (χ1v) is 8.08. The van der Waals surface area contributed by atoms with E-state index in [0.29, 0.717) is 6.54 Å². The van der Waals surface area contributed by atoms with Crippen LogP contribution in [0.25, 0.3) is 0 Å². The van der Waals surface area contributed by atoms with Gasteiger partial charge in [0.25, 0.3) is 0 Å². The molecule has 0 unspecified atom stereocenters. The molecule has 2 N–H and O–H groups in total. The summed E-state index contributed by atoms with van der Waals surface area (Å²) in [5.41, 5.74) is 0.491. The van der Waals surface area contributed by atoms with Crippen LogP contribution < -0.4 is 10.6 Å². The number of rotatable bonds is 5. The molecule has 1 rings (SSSR count). The predicted octanol–water partition coefficient (Wildman–Crippen LogP) is 3.76. The van der Waals surface area contributed by atoms with Gasteiger partial charge in [0.05, 0.1) is 5.54 Å². The Bertz CT molecular complexity index is 487. The van der Waals surface area contributed by atoms with E-state index in [4.69, 9.17) is 4.74 Å². The van der Waals surface area contributed by atoms with E-state index in [1.807, 2.05) is 46.0 Å². The second-order valence-electron chi connectivity index (χ2n) is 7.05. The maximum atomic E-state index is 11.8. The minimum absolute atomic E-state index is 0.360. The monoisotopic (exact) mass is 312 g/mol. The fraction of sp³-hybridized carbons (Fsp3) is 0.688. The number of aryl methyl sites for hydroxylation is 2. The second kappa shape index (κ2) is 6.79. The molecule has 0 atom stereocenters. The van der Waals surface area contributed by atoms with Crippen LogP contribution in [0, 0.1) is 13.8 Å². The average molecular weight is 312 g/mol. The molecule has 1 aromatic heterocycles. The van der Waals surface area contributed by atoms with Crippen LogP contribution >= 0.6 is 11.3 Å². The van der Waals surface area contributed by atoms with E-state index in [1.165, 1.54) is 15.3 Å². The summed E-state index contributed by atoms with van der Waals surface area (Å²) in [6.07, 6.45) is -0.378. The van der Waals surface area contributed by atoms with Gasteiger partial charge in [0, 0.05) is 22.8 Å². The molecule has 1 heterocycles. The minimum Gasteiger partial charge on any atom is -0.444 e. The molecular formula is C16H28N2O2S. The van der Waals surface area contributed by atoms with Crippen molar-refractivity contribution in [1.29, 1.82) is 0 Å². The molecule has 0 saturated carbocycles. The van der Waals surface area contributed by atoms with Gasteiger partial charge in [-0.05, 0) is 60.1 Å². The summed E-state index contributed by atoms with van der Waals surface area (Å²) < 4.78 is 5.28. The summed E-state index contributed by atoms with van der Waals surface area (Å²) in [4.78, 5) is 14.5. The van der Waals surface area contributed by atoms with E-state index >= 15 is 0 Å². The zero-order valence-corrected chi connectivity index (χ0v) is 15.0. The topological polar surface area (TPSA) is 50.4 Å². The summed E-state index contributed by atoms with van der Waals surface area (Å²) >= 11 is 1.81. The molecule has 0 bridgehead atoms. The van der Waals surface area contributed by atoms with Crippen LogP contribution in [-0.4, -0.2) is 23.8 Å². The number of amides is 1. The number of carbonyl (C=O) groups excluding carboxylic acids is 1. The van der Waals surface area contributed by atoms with Crippen molar-refractivity contribution in [2.45, 2.75) is 66.2 Å². The van der Waals surface area contributed by atoms with Crippen molar-refractivity contribution in [2.24, 2.45) is 0 Å². The standard InChI is InChI=1S/C16H28N2O2S/c1-11-8-13(12(2)21-11)9-17-10-16(6,7)18-14(19)20-15(3,4)5/h8,17H,9-10H2,1-7H3,(H,18,19). The molecule has 0 fully saturated rings. The highest BCUT2D eigenvalue weighted by Crippen LogP contribution is 2.20. The van der Waals surface area contributed by atoms with Gasteiger partial charge in [0.15, 0.2) is 0 Å². The Morgan fingerprint density at radius 1 is 1.24 bits per heavy atom. The van der Waals surface area contributed by atoms with Gasteiger partial charge in [0.1, 0.15) is 5.60 Å². The van der Waals surface area contributed by atoms with E-state index in [2.05, 4.69) is 30.5 Å². The number of nitrogens with one attached hydrogen (secondary N) is 2. The number of carbonyl (C=O) groups is 1. The van der Waals surface area contributed by atoms with Crippen LogP contribution in [0.5, 0.6) is 0 Å². The van der Waals surface area contributed by atoms with Gasteiger partial charge in [-0.1, -0.05) is 0 Å². The first-order chi connectivity index (χ1) is 9.48. The van der Waals surface area contributed by atoms with Crippen LogP contribution in [0.4, 0.5) is 4.79 Å². The lowest BCUT2D eigenvalue weighted by atomic mass is 10.1. The molecule has 0 radical (unpaired) electrons. The van der Waals surface area contributed by atoms with Crippen LogP contribution in [0.3, 0.4) is 0 Å². The van der Waals surface area contributed by atoms with E-state index in [-0.39, 0.29) is 11.6 Å². The van der Waals surface area contributed by atoms with Gasteiger partial charge in [-0.2, -0.15) is 0 Å². The Hall–Kier alpha value is -1.07. The summed E-state index contributed by atoms with van der Waals surface area (Å²) in [6.45, 7) is 15.3. The summed E-state index contributed by atoms with van der Waals surface area (Å²) in [5.74, 6) is 0. The van der Waals surface area contributed by atoms with Crippen molar-refractivity contribution in [3.8, 4) is 0 Å². The number of thiophene rings is 1. The highest BCUT2D eigenvalue weighted by molar-refractivity contribution is 7.12. The highest BCUT2D eigenvalue weighted by Gasteiger charge is 2.24. The summed E-state index contributed by atoms with van der Waals surface area (Å²) in [7, 11) is 0. The van der Waals surface area contributed by atoms with Gasteiger partial charge < -0.3 is 15.4 Å². The molecule has 5 heteroatoms. The summed E-state index contributed by atoms with van der Waals surface area (Å²) in [6, 6.07) is 2.21. The zero-order chi connectivity index (χ0) is 16.3. The molecule has 0 aliphatic rings. The maximum Gasteiger partial charge on any atom is 0.408 e. The largest absolute Gasteiger partial charge is 0.444 e. The Morgan fingerprint density at radius 3 is 2.33 bits per heavy atom. The van der Waals surface area contributed by atoms with E-state index in [9.17, 15) is 4.79 Å². The van der Waals surface area contributed by atoms with E-state index in [0.717, 1.165) is 6.54 Å². The third kappa shape index (κ3) is 6.96. The molecule has 0 saturated heterocycles. The van der Waals surface area contributed by atoms with Gasteiger partial charge in [-0.3, -0.25) is 0 Å². The Morgan fingerprint density at radius 2 is 1.86 bits per heavy atom. The predicted molar refractivity (Wildman–Crippen MR) is 88.9 cm³/mol. The third-order valence-electron chi connectivity index (χ3n) is 2.87. The Labute approximate surface area is 132 Å². The molecule has 21 heavy (non-hydrogen) atoms. The molecule has 1 aromatic rings. The van der Waals surface area contributed by atoms with Crippen molar-refractivity contribution in [2.75, 3.05) is 6.54 Å². The minimum atomic E-state index is -0.473. The smallest absolute Gasteiger partial charge is 0.408 e. The SMILES string of the molecule is Cc1cc(CNCC(C)(C)NC(=O)OC(C)(C)C)c(C)s1. The number of hydrogen-bond donors (Lipinski definition) is 2. The van der Waals surface area contributed by atoms with E-state index < -0.39 is 5.60 Å². The van der Waals surface area contributed by atoms with E-state index in [1.54, 1.807) is 0 Å². The van der Waals surface area contributed by atoms with Gasteiger partial charge in [-0.25, -0.2) is 4.79 Å². The van der Waals surface area contributed by atoms with Gasteiger partial charge in [0.2, 0.25) is 0 Å². The molecule has 1 amide bonds. The number of alkyl carbamates (subject to hydrolysis) is 1. The molecule has 120 valence electrons. The molecular weight excluding hydrogens is 284 g/mol. The quantitative estimate of drug-likeness (QED) is 0.870. The van der Waals surface area contributed by atoms with Crippen LogP contribution in [-0.2, 0) is 11.3 Å². The fourth-order valence-electron chi connectivity index (χ4n) is 1.99. The maximum absolute atomic E-state index is 11.8. The third-order valence-corrected chi connectivity index (χ3v) is 3.87. The Balaban J connectivity index is 2.42. The van der Waals surface area contributed by atoms with Crippen molar-refractivity contribution in [1.82, 2.24) is 10.6 Å². The molecule has 0 spiro atoms. The van der Waals surface area contributed by atoms with Crippen molar-refractivity contribution < 1.29 is 9.53 Å². The lowest BCUT2D eigenvalue weighted by molar-refractivity contribution is 0.0472. The van der Waals surface area contributed by atoms with Crippen LogP contribution in [0.15, 0.2) is 6.07 Å². The normalized spacial score (nSPS) is 12.3. The average Bonchev–Trinajstić information content (AvgIpc) is 2.53. The number of ether oxygens (including phenoxy) is 1. The van der Waals surface area contributed by atoms with Gasteiger partial charge in [-0.15, -0.1) is 11.3 Å². The number of hydrogen-bond acceptors (Lipinski definition) is 4. The lowest BCUT2D eigenvalue weighted by Gasteiger charge is -2.29.